The Morgan fingerprint density at radius 1 is 1.26 bits per heavy atom. The average Bonchev–Trinajstić information content (AvgIpc) is 2.66. The first-order valence-corrected chi connectivity index (χ1v) is 6.68. The quantitative estimate of drug-likeness (QED) is 0.590. The first kappa shape index (κ1) is 13.5. The largest absolute Gasteiger partial charge is 0.380 e. The fourth-order valence-corrected chi connectivity index (χ4v) is 1.87. The number of halogens is 1. The van der Waals surface area contributed by atoms with E-state index in [1.807, 2.05) is 0 Å². The van der Waals surface area contributed by atoms with Crippen molar-refractivity contribution >= 4 is 38.9 Å². The number of nitrogens with one attached hydrogen (secondary N) is 1. The molecule has 0 aliphatic rings. The Morgan fingerprint density at radius 2 is 1.89 bits per heavy atom. The van der Waals surface area contributed by atoms with Crippen LogP contribution >= 0.6 is 11.6 Å². The highest BCUT2D eigenvalue weighted by Gasteiger charge is 2.09. The molecule has 0 amide bonds. The molecule has 1 aromatic heterocycles. The number of azo groups is 1. The predicted molar refractivity (Wildman–Crippen MR) is 68.4 cm³/mol. The van der Waals surface area contributed by atoms with Crippen LogP contribution in [0.2, 0.25) is 5.15 Å². The van der Waals surface area contributed by atoms with Crippen molar-refractivity contribution in [1.29, 1.82) is 0 Å². The first-order chi connectivity index (χ1) is 8.88. The van der Waals surface area contributed by atoms with E-state index >= 15 is 0 Å². The van der Waals surface area contributed by atoms with Gasteiger partial charge in [0.05, 0.1) is 10.6 Å². The number of H-pyrrole nitrogens is 1. The second-order valence-electron chi connectivity index (χ2n) is 3.44. The van der Waals surface area contributed by atoms with Gasteiger partial charge in [-0.2, -0.15) is 18.6 Å². The summed E-state index contributed by atoms with van der Waals surface area (Å²) < 4.78 is 30.5. The van der Waals surface area contributed by atoms with Crippen molar-refractivity contribution in [2.24, 2.45) is 10.2 Å². The predicted octanol–water partition coefficient (Wildman–Crippen LogP) is 2.31. The van der Waals surface area contributed by atoms with Crippen molar-refractivity contribution in [1.82, 2.24) is 10.2 Å². The smallest absolute Gasteiger partial charge is 0.294 e. The molecule has 2 rings (SSSR count). The minimum absolute atomic E-state index is 0.100. The van der Waals surface area contributed by atoms with Gasteiger partial charge in [-0.3, -0.25) is 9.65 Å². The normalized spacial score (nSPS) is 12.1. The SMILES string of the molecule is Nc1n[nH]c(Cl)c1N=Nc1ccc(S(=O)(=O)O)cc1. The molecule has 0 atom stereocenters. The molecule has 19 heavy (non-hydrogen) atoms. The van der Waals surface area contributed by atoms with E-state index < -0.39 is 10.1 Å². The maximum Gasteiger partial charge on any atom is 0.294 e. The van der Waals surface area contributed by atoms with Crippen LogP contribution in [0.3, 0.4) is 0 Å². The molecule has 2 aromatic rings. The van der Waals surface area contributed by atoms with E-state index in [0.717, 1.165) is 0 Å². The van der Waals surface area contributed by atoms with Gasteiger partial charge >= 0.3 is 0 Å². The van der Waals surface area contributed by atoms with Gasteiger partial charge in [0.1, 0.15) is 0 Å². The third-order valence-electron chi connectivity index (χ3n) is 2.13. The van der Waals surface area contributed by atoms with Crippen LogP contribution in [0.15, 0.2) is 39.4 Å². The summed E-state index contributed by atoms with van der Waals surface area (Å²) in [7, 11) is -4.22. The number of nitrogens with zero attached hydrogens (tertiary/aromatic N) is 3. The van der Waals surface area contributed by atoms with Gasteiger partial charge in [-0.25, -0.2) is 0 Å². The standard InChI is InChI=1S/C9H8ClN5O3S/c10-8-7(9(11)15-14-8)13-12-5-1-3-6(4-2-5)19(16,17)18/h1-4H,(H3,11,14,15)(H,16,17,18). The minimum Gasteiger partial charge on any atom is -0.380 e. The van der Waals surface area contributed by atoms with E-state index in [2.05, 4.69) is 20.4 Å². The van der Waals surface area contributed by atoms with E-state index in [-0.39, 0.29) is 21.6 Å². The zero-order valence-electron chi connectivity index (χ0n) is 9.28. The highest BCUT2D eigenvalue weighted by Crippen LogP contribution is 2.30. The van der Waals surface area contributed by atoms with Crippen molar-refractivity contribution in [2.75, 3.05) is 5.73 Å². The van der Waals surface area contributed by atoms with Crippen LogP contribution < -0.4 is 5.73 Å². The van der Waals surface area contributed by atoms with Gasteiger partial charge in [0.25, 0.3) is 10.1 Å². The molecule has 0 saturated heterocycles. The van der Waals surface area contributed by atoms with Gasteiger partial charge in [-0.1, -0.05) is 11.6 Å². The number of nitrogen functional groups attached to an aromatic ring is 1. The van der Waals surface area contributed by atoms with Gasteiger partial charge in [0.15, 0.2) is 16.7 Å². The van der Waals surface area contributed by atoms with Crippen molar-refractivity contribution in [3.63, 3.8) is 0 Å². The molecular formula is C9H8ClN5O3S. The van der Waals surface area contributed by atoms with Crippen molar-refractivity contribution in [2.45, 2.75) is 4.90 Å². The van der Waals surface area contributed by atoms with Crippen LogP contribution in [0.5, 0.6) is 0 Å². The van der Waals surface area contributed by atoms with E-state index in [0.29, 0.717) is 5.69 Å². The molecule has 0 fully saturated rings. The summed E-state index contributed by atoms with van der Waals surface area (Å²) in [6, 6.07) is 5.14. The Kier molecular flexibility index (Phi) is 3.51. The molecule has 0 aliphatic heterocycles. The summed E-state index contributed by atoms with van der Waals surface area (Å²) in [6.45, 7) is 0. The highest BCUT2D eigenvalue weighted by molar-refractivity contribution is 7.85. The lowest BCUT2D eigenvalue weighted by molar-refractivity contribution is 0.483. The van der Waals surface area contributed by atoms with E-state index in [1.165, 1.54) is 24.3 Å². The molecule has 10 heteroatoms. The lowest BCUT2D eigenvalue weighted by Crippen LogP contribution is -1.96. The zero-order valence-corrected chi connectivity index (χ0v) is 10.9. The number of benzene rings is 1. The molecule has 100 valence electrons. The van der Waals surface area contributed by atoms with Gasteiger partial charge in [-0.05, 0) is 24.3 Å². The molecule has 1 heterocycles. The maximum absolute atomic E-state index is 10.8. The lowest BCUT2D eigenvalue weighted by Gasteiger charge is -1.96. The molecule has 0 spiro atoms. The molecular weight excluding hydrogens is 294 g/mol. The number of aromatic amines is 1. The van der Waals surface area contributed by atoms with Crippen molar-refractivity contribution in [3.8, 4) is 0 Å². The van der Waals surface area contributed by atoms with Crippen LogP contribution in [-0.4, -0.2) is 23.2 Å². The fraction of sp³-hybridized carbons (Fsp3) is 0. The van der Waals surface area contributed by atoms with E-state index in [9.17, 15) is 8.42 Å². The van der Waals surface area contributed by atoms with Crippen LogP contribution in [-0.2, 0) is 10.1 Å². The molecule has 0 saturated carbocycles. The third-order valence-corrected chi connectivity index (χ3v) is 3.26. The monoisotopic (exact) mass is 301 g/mol. The zero-order chi connectivity index (χ0) is 14.0. The number of hydrogen-bond donors (Lipinski definition) is 3. The summed E-state index contributed by atoms with van der Waals surface area (Å²) in [4.78, 5) is -0.229. The van der Waals surface area contributed by atoms with E-state index in [4.69, 9.17) is 21.9 Å². The number of aromatic nitrogens is 2. The molecule has 0 unspecified atom stereocenters. The Bertz CT molecular complexity index is 703. The molecule has 0 radical (unpaired) electrons. The Morgan fingerprint density at radius 3 is 2.37 bits per heavy atom. The summed E-state index contributed by atoms with van der Waals surface area (Å²) in [6.07, 6.45) is 0. The van der Waals surface area contributed by atoms with Crippen LogP contribution in [0.1, 0.15) is 0 Å². The Labute approximate surface area is 113 Å². The van der Waals surface area contributed by atoms with E-state index in [1.54, 1.807) is 0 Å². The van der Waals surface area contributed by atoms with Crippen LogP contribution in [0, 0.1) is 0 Å². The second kappa shape index (κ2) is 4.96. The number of hydrogen-bond acceptors (Lipinski definition) is 6. The number of anilines is 1. The van der Waals surface area contributed by atoms with Gasteiger partial charge in [-0.15, -0.1) is 5.11 Å². The summed E-state index contributed by atoms with van der Waals surface area (Å²) >= 11 is 5.73. The average molecular weight is 302 g/mol. The second-order valence-corrected chi connectivity index (χ2v) is 5.24. The number of rotatable bonds is 3. The topological polar surface area (TPSA) is 134 Å². The van der Waals surface area contributed by atoms with Gasteiger partial charge in [0, 0.05) is 0 Å². The summed E-state index contributed by atoms with van der Waals surface area (Å²) in [5.41, 5.74) is 6.05. The molecule has 8 nitrogen and oxygen atoms in total. The van der Waals surface area contributed by atoms with Crippen LogP contribution in [0.4, 0.5) is 17.2 Å². The summed E-state index contributed by atoms with van der Waals surface area (Å²) in [5, 5.41) is 13.8. The van der Waals surface area contributed by atoms with Crippen LogP contribution in [0.25, 0.3) is 0 Å². The lowest BCUT2D eigenvalue weighted by atomic mass is 10.3. The molecule has 4 N–H and O–H groups in total. The first-order valence-electron chi connectivity index (χ1n) is 4.86. The summed E-state index contributed by atoms with van der Waals surface area (Å²) in [5.74, 6) is 0.100. The Hall–Kier alpha value is -1.97. The fourth-order valence-electron chi connectivity index (χ4n) is 1.22. The molecule has 0 bridgehead atoms. The van der Waals surface area contributed by atoms with Gasteiger partial charge in [0.2, 0.25) is 0 Å². The molecule has 1 aromatic carbocycles. The third kappa shape index (κ3) is 3.08. The maximum atomic E-state index is 10.8. The van der Waals surface area contributed by atoms with Crippen molar-refractivity contribution < 1.29 is 13.0 Å². The number of nitrogens with two attached hydrogens (primary N) is 1. The highest BCUT2D eigenvalue weighted by atomic mass is 35.5. The Balaban J connectivity index is 2.25. The molecule has 0 aliphatic carbocycles. The van der Waals surface area contributed by atoms with Gasteiger partial charge < -0.3 is 5.73 Å². The van der Waals surface area contributed by atoms with Crippen molar-refractivity contribution in [3.05, 3.63) is 29.4 Å². The minimum atomic E-state index is -4.22.